The Morgan fingerprint density at radius 2 is 1.89 bits per heavy atom. The molecule has 0 aliphatic heterocycles. The van der Waals surface area contributed by atoms with Crippen molar-refractivity contribution in [3.8, 4) is 11.5 Å². The Labute approximate surface area is 165 Å². The fourth-order valence-corrected chi connectivity index (χ4v) is 4.25. The molecule has 3 rings (SSSR count). The number of rotatable bonds is 7. The van der Waals surface area contributed by atoms with Crippen LogP contribution in [0.25, 0.3) is 0 Å². The lowest BCUT2D eigenvalue weighted by molar-refractivity contribution is 0.411. The number of hydrogen-bond acceptors (Lipinski definition) is 5. The van der Waals surface area contributed by atoms with Gasteiger partial charge in [-0.15, -0.1) is 0 Å². The molecule has 0 bridgehead atoms. The van der Waals surface area contributed by atoms with Crippen LogP contribution in [0.15, 0.2) is 59.8 Å². The predicted octanol–water partition coefficient (Wildman–Crippen LogP) is 2.81. The van der Waals surface area contributed by atoms with Gasteiger partial charge in [0.25, 0.3) is 0 Å². The molecule has 0 aliphatic carbocycles. The average molecular weight is 401 g/mol. The Bertz CT molecular complexity index is 1080. The van der Waals surface area contributed by atoms with Gasteiger partial charge >= 0.3 is 0 Å². The van der Waals surface area contributed by atoms with Gasteiger partial charge in [-0.3, -0.25) is 0 Å². The molecule has 0 saturated carbocycles. The van der Waals surface area contributed by atoms with E-state index < -0.39 is 16.1 Å². The number of aromatic nitrogens is 2. The van der Waals surface area contributed by atoms with Crippen LogP contribution in [0.1, 0.15) is 23.0 Å². The molecule has 0 fully saturated rings. The number of nitrogens with one attached hydrogen (secondary N) is 1. The highest BCUT2D eigenvalue weighted by molar-refractivity contribution is 7.89. The summed E-state index contributed by atoms with van der Waals surface area (Å²) in [5.74, 6) is 1.84. The number of sulfonamides is 1. The van der Waals surface area contributed by atoms with Crippen molar-refractivity contribution in [3.05, 3.63) is 71.8 Å². The fraction of sp³-hybridized carbons (Fsp3) is 0.250. The van der Waals surface area contributed by atoms with Crippen LogP contribution in [0, 0.1) is 6.92 Å². The maximum atomic E-state index is 13.1. The molecule has 1 aromatic heterocycles. The Morgan fingerprint density at radius 1 is 1.11 bits per heavy atom. The number of nitrogens with zero attached hydrogens (tertiary/aromatic N) is 2. The van der Waals surface area contributed by atoms with Crippen molar-refractivity contribution in [1.29, 1.82) is 0 Å². The van der Waals surface area contributed by atoms with Crippen molar-refractivity contribution >= 4 is 10.0 Å². The number of imidazole rings is 1. The monoisotopic (exact) mass is 401 g/mol. The third-order valence-corrected chi connectivity index (χ3v) is 5.91. The summed E-state index contributed by atoms with van der Waals surface area (Å²) in [5, 5.41) is 0. The second kappa shape index (κ2) is 8.04. The maximum Gasteiger partial charge on any atom is 0.241 e. The zero-order valence-corrected chi connectivity index (χ0v) is 17.0. The van der Waals surface area contributed by atoms with Crippen molar-refractivity contribution in [2.75, 3.05) is 14.2 Å². The number of aryl methyl sites for hydroxylation is 2. The van der Waals surface area contributed by atoms with Crippen LogP contribution in [-0.4, -0.2) is 32.2 Å². The van der Waals surface area contributed by atoms with E-state index in [1.165, 1.54) is 6.07 Å². The van der Waals surface area contributed by atoms with Gasteiger partial charge in [-0.05, 0) is 48.4 Å². The quantitative estimate of drug-likeness (QED) is 0.658. The van der Waals surface area contributed by atoms with Crippen LogP contribution < -0.4 is 14.2 Å². The van der Waals surface area contributed by atoms with Crippen molar-refractivity contribution in [2.24, 2.45) is 7.05 Å². The molecule has 8 heteroatoms. The second-order valence-electron chi connectivity index (χ2n) is 6.36. The highest BCUT2D eigenvalue weighted by atomic mass is 32.2. The third-order valence-electron chi connectivity index (χ3n) is 4.49. The predicted molar refractivity (Wildman–Crippen MR) is 106 cm³/mol. The maximum absolute atomic E-state index is 13.1. The normalized spacial score (nSPS) is 12.6. The van der Waals surface area contributed by atoms with E-state index in [2.05, 4.69) is 9.71 Å². The van der Waals surface area contributed by atoms with Crippen LogP contribution in [0.4, 0.5) is 0 Å². The first kappa shape index (κ1) is 19.9. The average Bonchev–Trinajstić information content (AvgIpc) is 3.11. The van der Waals surface area contributed by atoms with Gasteiger partial charge in [0, 0.05) is 19.4 Å². The molecule has 148 valence electrons. The molecule has 1 unspecified atom stereocenters. The molecule has 3 aromatic rings. The van der Waals surface area contributed by atoms with Gasteiger partial charge in [0.1, 0.15) is 23.4 Å². The molecule has 1 heterocycles. The molecule has 0 saturated heterocycles. The Morgan fingerprint density at radius 3 is 2.50 bits per heavy atom. The summed E-state index contributed by atoms with van der Waals surface area (Å²) in [5.41, 5.74) is 1.46. The van der Waals surface area contributed by atoms with E-state index in [1.54, 1.807) is 62.4 Å². The molecule has 2 aromatic carbocycles. The van der Waals surface area contributed by atoms with Crippen LogP contribution >= 0.6 is 0 Å². The first-order valence-electron chi connectivity index (χ1n) is 8.64. The summed E-state index contributed by atoms with van der Waals surface area (Å²) in [4.78, 5) is 4.51. The lowest BCUT2D eigenvalue weighted by Crippen LogP contribution is -2.31. The van der Waals surface area contributed by atoms with Gasteiger partial charge in [0.15, 0.2) is 0 Å². The summed E-state index contributed by atoms with van der Waals surface area (Å²) in [6, 6.07) is 11.3. The van der Waals surface area contributed by atoms with E-state index in [1.807, 2.05) is 19.2 Å². The fourth-order valence-electron chi connectivity index (χ4n) is 2.99. The van der Waals surface area contributed by atoms with E-state index in [9.17, 15) is 8.42 Å². The summed E-state index contributed by atoms with van der Waals surface area (Å²) in [7, 11) is 1.12. The number of ether oxygens (including phenoxy) is 2. The summed E-state index contributed by atoms with van der Waals surface area (Å²) in [6.45, 7) is 1.80. The van der Waals surface area contributed by atoms with E-state index in [0.29, 0.717) is 17.3 Å². The molecule has 1 N–H and O–H groups in total. The second-order valence-corrected chi connectivity index (χ2v) is 8.07. The van der Waals surface area contributed by atoms with Crippen LogP contribution in [0.3, 0.4) is 0 Å². The van der Waals surface area contributed by atoms with Gasteiger partial charge in [-0.25, -0.2) is 13.4 Å². The zero-order chi connectivity index (χ0) is 20.3. The van der Waals surface area contributed by atoms with Gasteiger partial charge in [0.2, 0.25) is 10.0 Å². The van der Waals surface area contributed by atoms with Crippen molar-refractivity contribution in [1.82, 2.24) is 14.3 Å². The van der Waals surface area contributed by atoms with Crippen LogP contribution in [-0.2, 0) is 17.1 Å². The smallest absolute Gasteiger partial charge is 0.241 e. The summed E-state index contributed by atoms with van der Waals surface area (Å²) in [6.07, 6.45) is 3.41. The van der Waals surface area contributed by atoms with E-state index in [-0.39, 0.29) is 4.90 Å². The minimum absolute atomic E-state index is 0.160. The van der Waals surface area contributed by atoms with E-state index in [4.69, 9.17) is 9.47 Å². The van der Waals surface area contributed by atoms with Gasteiger partial charge in [-0.1, -0.05) is 12.1 Å². The summed E-state index contributed by atoms with van der Waals surface area (Å²) >= 11 is 0. The topological polar surface area (TPSA) is 82.4 Å². The molecule has 28 heavy (non-hydrogen) atoms. The minimum Gasteiger partial charge on any atom is -0.497 e. The van der Waals surface area contributed by atoms with Crippen LogP contribution in [0.2, 0.25) is 0 Å². The molecule has 0 aliphatic rings. The molecular weight excluding hydrogens is 378 g/mol. The lowest BCUT2D eigenvalue weighted by Gasteiger charge is -2.20. The summed E-state index contributed by atoms with van der Waals surface area (Å²) < 4.78 is 41.3. The van der Waals surface area contributed by atoms with E-state index in [0.717, 1.165) is 11.1 Å². The first-order valence-corrected chi connectivity index (χ1v) is 10.1. The molecule has 0 radical (unpaired) electrons. The van der Waals surface area contributed by atoms with Gasteiger partial charge in [-0.2, -0.15) is 4.72 Å². The Balaban J connectivity index is 2.04. The first-order chi connectivity index (χ1) is 13.4. The minimum atomic E-state index is -3.82. The van der Waals surface area contributed by atoms with E-state index >= 15 is 0 Å². The lowest BCUT2D eigenvalue weighted by atomic mass is 10.1. The highest BCUT2D eigenvalue weighted by Crippen LogP contribution is 2.27. The van der Waals surface area contributed by atoms with Gasteiger partial charge in [0.05, 0.1) is 19.1 Å². The zero-order valence-electron chi connectivity index (χ0n) is 16.2. The number of benzene rings is 2. The van der Waals surface area contributed by atoms with Crippen molar-refractivity contribution < 1.29 is 17.9 Å². The Hall–Kier alpha value is -2.84. The van der Waals surface area contributed by atoms with Crippen molar-refractivity contribution in [2.45, 2.75) is 17.9 Å². The highest BCUT2D eigenvalue weighted by Gasteiger charge is 2.26. The standard InChI is InChI=1S/C20H23N3O4S/c1-14-12-17(8-9-18(14)27-4)28(24,25)22-19(20-21-10-11-23(20)2)15-6-5-7-16(13-15)26-3/h5-13,19,22H,1-4H3. The molecular formula is C20H23N3O4S. The number of hydrogen-bond donors (Lipinski definition) is 1. The van der Waals surface area contributed by atoms with Gasteiger partial charge < -0.3 is 14.0 Å². The molecule has 1 atom stereocenters. The third kappa shape index (κ3) is 4.02. The van der Waals surface area contributed by atoms with Crippen LogP contribution in [0.5, 0.6) is 11.5 Å². The molecule has 7 nitrogen and oxygen atoms in total. The molecule has 0 amide bonds. The number of methoxy groups -OCH3 is 2. The molecule has 0 spiro atoms. The Kier molecular flexibility index (Phi) is 5.71. The SMILES string of the molecule is COc1cccc(C(NS(=O)(=O)c2ccc(OC)c(C)c2)c2nccn2C)c1. The van der Waals surface area contributed by atoms with Crippen molar-refractivity contribution in [3.63, 3.8) is 0 Å². The largest absolute Gasteiger partial charge is 0.497 e.